The Hall–Kier alpha value is -1.13. The Bertz CT molecular complexity index is 645. The zero-order valence-electron chi connectivity index (χ0n) is 17.4. The number of pyridine rings is 1. The van der Waals surface area contributed by atoms with E-state index in [1.54, 1.807) is 0 Å². The third-order valence-corrected chi connectivity index (χ3v) is 6.07. The largest absolute Gasteiger partial charge is 0.474 e. The molecule has 8 heteroatoms. The van der Waals surface area contributed by atoms with Crippen LogP contribution in [0.1, 0.15) is 37.7 Å². The molecular formula is C21H34IN5O2. The smallest absolute Gasteiger partial charge is 0.213 e. The van der Waals surface area contributed by atoms with Gasteiger partial charge in [0.1, 0.15) is 6.10 Å². The van der Waals surface area contributed by atoms with Gasteiger partial charge in [0.25, 0.3) is 0 Å². The number of halogens is 1. The van der Waals surface area contributed by atoms with Gasteiger partial charge in [0.15, 0.2) is 5.96 Å². The second-order valence-corrected chi connectivity index (χ2v) is 7.97. The van der Waals surface area contributed by atoms with Crippen molar-refractivity contribution in [3.05, 3.63) is 23.9 Å². The maximum atomic E-state index is 5.95. The molecule has 3 fully saturated rings. The number of morpholine rings is 1. The second kappa shape index (κ2) is 11.3. The number of ether oxygens (including phenoxy) is 2. The lowest BCUT2D eigenvalue weighted by Crippen LogP contribution is -2.46. The van der Waals surface area contributed by atoms with Gasteiger partial charge in [-0.2, -0.15) is 0 Å². The maximum Gasteiger partial charge on any atom is 0.213 e. The number of rotatable bonds is 5. The summed E-state index contributed by atoms with van der Waals surface area (Å²) in [5.74, 6) is 1.72. The first-order valence-corrected chi connectivity index (χ1v) is 10.7. The molecule has 162 valence electrons. The van der Waals surface area contributed by atoms with Crippen molar-refractivity contribution in [3.8, 4) is 5.88 Å². The van der Waals surface area contributed by atoms with E-state index in [4.69, 9.17) is 9.47 Å². The quantitative estimate of drug-likeness (QED) is 0.370. The Morgan fingerprint density at radius 3 is 2.69 bits per heavy atom. The van der Waals surface area contributed by atoms with Gasteiger partial charge in [-0.1, -0.05) is 6.07 Å². The summed E-state index contributed by atoms with van der Waals surface area (Å²) >= 11 is 0. The maximum absolute atomic E-state index is 5.95. The van der Waals surface area contributed by atoms with Crippen LogP contribution in [-0.4, -0.2) is 79.3 Å². The number of guanidine groups is 1. The number of aromatic nitrogens is 1. The fourth-order valence-corrected chi connectivity index (χ4v) is 4.45. The Kier molecular flexibility index (Phi) is 8.80. The molecule has 7 nitrogen and oxygen atoms in total. The van der Waals surface area contributed by atoms with Gasteiger partial charge in [0.2, 0.25) is 5.88 Å². The van der Waals surface area contributed by atoms with E-state index in [0.717, 1.165) is 76.2 Å². The standard InChI is InChI=1S/C21H33N5O2.HI/c1-22-21(26-9-8-18(16-26)25-10-12-27-13-11-25)24-15-17-6-7-20(23-14-17)28-19-4-2-3-5-19;/h6-7,14,18-19H,2-5,8-13,15-16H2,1H3,(H,22,24);1H. The molecule has 3 heterocycles. The Morgan fingerprint density at radius 1 is 1.21 bits per heavy atom. The molecule has 0 radical (unpaired) electrons. The lowest BCUT2D eigenvalue weighted by Gasteiger charge is -2.32. The molecule has 0 bridgehead atoms. The molecule has 0 amide bonds. The molecule has 2 aliphatic heterocycles. The van der Waals surface area contributed by atoms with Crippen LogP contribution in [0.2, 0.25) is 0 Å². The highest BCUT2D eigenvalue weighted by Crippen LogP contribution is 2.23. The van der Waals surface area contributed by atoms with Gasteiger partial charge in [-0.3, -0.25) is 9.89 Å². The summed E-state index contributed by atoms with van der Waals surface area (Å²) in [4.78, 5) is 13.9. The molecule has 1 unspecified atom stereocenters. The molecule has 0 aromatic carbocycles. The van der Waals surface area contributed by atoms with Gasteiger partial charge < -0.3 is 19.7 Å². The summed E-state index contributed by atoms with van der Waals surface area (Å²) in [6.45, 7) is 6.62. The van der Waals surface area contributed by atoms with Gasteiger partial charge in [0, 0.05) is 58.1 Å². The van der Waals surface area contributed by atoms with Crippen molar-refractivity contribution in [1.82, 2.24) is 20.1 Å². The number of aliphatic imine (C=N–C) groups is 1. The first kappa shape index (κ1) is 22.6. The minimum Gasteiger partial charge on any atom is -0.474 e. The molecule has 1 atom stereocenters. The average molecular weight is 515 g/mol. The molecule has 2 saturated heterocycles. The number of nitrogens with zero attached hydrogens (tertiary/aromatic N) is 4. The van der Waals surface area contributed by atoms with Gasteiger partial charge in [-0.05, 0) is 37.7 Å². The van der Waals surface area contributed by atoms with Crippen molar-refractivity contribution in [3.63, 3.8) is 0 Å². The van der Waals surface area contributed by atoms with Gasteiger partial charge in [-0.25, -0.2) is 4.98 Å². The van der Waals surface area contributed by atoms with Gasteiger partial charge in [-0.15, -0.1) is 24.0 Å². The summed E-state index contributed by atoms with van der Waals surface area (Å²) in [6.07, 6.45) is 8.31. The van der Waals surface area contributed by atoms with Crippen LogP contribution in [0.3, 0.4) is 0 Å². The highest BCUT2D eigenvalue weighted by molar-refractivity contribution is 14.0. The van der Waals surface area contributed by atoms with E-state index in [1.807, 2.05) is 19.3 Å². The van der Waals surface area contributed by atoms with E-state index in [0.29, 0.717) is 12.1 Å². The third-order valence-electron chi connectivity index (χ3n) is 6.07. The normalized spacial score (nSPS) is 23.8. The van der Waals surface area contributed by atoms with Crippen LogP contribution in [0.4, 0.5) is 0 Å². The van der Waals surface area contributed by atoms with Crippen LogP contribution in [0, 0.1) is 0 Å². The Labute approximate surface area is 191 Å². The molecule has 1 aliphatic carbocycles. The average Bonchev–Trinajstić information content (AvgIpc) is 3.43. The molecule has 4 rings (SSSR count). The predicted molar refractivity (Wildman–Crippen MR) is 125 cm³/mol. The number of hydrogen-bond donors (Lipinski definition) is 1. The summed E-state index contributed by atoms with van der Waals surface area (Å²) in [5.41, 5.74) is 1.14. The fraction of sp³-hybridized carbons (Fsp3) is 0.714. The first-order valence-electron chi connectivity index (χ1n) is 10.7. The summed E-state index contributed by atoms with van der Waals surface area (Å²) < 4.78 is 11.4. The van der Waals surface area contributed by atoms with Crippen LogP contribution >= 0.6 is 24.0 Å². The highest BCUT2D eigenvalue weighted by atomic mass is 127. The lowest BCUT2D eigenvalue weighted by atomic mass is 10.2. The summed E-state index contributed by atoms with van der Waals surface area (Å²) in [6, 6.07) is 4.69. The topological polar surface area (TPSA) is 62.2 Å². The van der Waals surface area contributed by atoms with Crippen molar-refractivity contribution in [2.45, 2.75) is 50.8 Å². The minimum atomic E-state index is 0. The molecule has 1 aromatic heterocycles. The fourth-order valence-electron chi connectivity index (χ4n) is 4.45. The highest BCUT2D eigenvalue weighted by Gasteiger charge is 2.30. The van der Waals surface area contributed by atoms with Crippen LogP contribution in [0.5, 0.6) is 5.88 Å². The molecule has 1 aromatic rings. The molecule has 0 spiro atoms. The summed E-state index contributed by atoms with van der Waals surface area (Å²) in [5, 5.41) is 3.50. The van der Waals surface area contributed by atoms with E-state index < -0.39 is 0 Å². The third kappa shape index (κ3) is 6.18. The van der Waals surface area contributed by atoms with E-state index in [9.17, 15) is 0 Å². The van der Waals surface area contributed by atoms with Crippen molar-refractivity contribution < 1.29 is 9.47 Å². The Balaban J connectivity index is 0.00000240. The van der Waals surface area contributed by atoms with Gasteiger partial charge in [0.05, 0.1) is 13.2 Å². The lowest BCUT2D eigenvalue weighted by molar-refractivity contribution is 0.0195. The van der Waals surface area contributed by atoms with Crippen molar-refractivity contribution >= 4 is 29.9 Å². The number of nitrogens with one attached hydrogen (secondary N) is 1. The second-order valence-electron chi connectivity index (χ2n) is 7.97. The molecule has 1 N–H and O–H groups in total. The zero-order valence-corrected chi connectivity index (χ0v) is 19.7. The minimum absolute atomic E-state index is 0. The van der Waals surface area contributed by atoms with Crippen molar-refractivity contribution in [1.29, 1.82) is 0 Å². The van der Waals surface area contributed by atoms with E-state index in [-0.39, 0.29) is 24.0 Å². The van der Waals surface area contributed by atoms with Crippen LogP contribution < -0.4 is 10.1 Å². The first-order chi connectivity index (χ1) is 13.8. The summed E-state index contributed by atoms with van der Waals surface area (Å²) in [7, 11) is 1.86. The molecule has 1 saturated carbocycles. The molecule has 3 aliphatic rings. The van der Waals surface area contributed by atoms with E-state index >= 15 is 0 Å². The number of likely N-dealkylation sites (tertiary alicyclic amines) is 1. The SMILES string of the molecule is CN=C(NCc1ccc(OC2CCCC2)nc1)N1CCC(N2CCOCC2)C1.I. The molecular weight excluding hydrogens is 481 g/mol. The Morgan fingerprint density at radius 2 is 2.00 bits per heavy atom. The van der Waals surface area contributed by atoms with Crippen LogP contribution in [0.25, 0.3) is 0 Å². The monoisotopic (exact) mass is 515 g/mol. The van der Waals surface area contributed by atoms with Crippen LogP contribution in [-0.2, 0) is 11.3 Å². The van der Waals surface area contributed by atoms with Crippen molar-refractivity contribution in [2.24, 2.45) is 4.99 Å². The van der Waals surface area contributed by atoms with Crippen LogP contribution in [0.15, 0.2) is 23.3 Å². The number of hydrogen-bond acceptors (Lipinski definition) is 5. The van der Waals surface area contributed by atoms with Gasteiger partial charge >= 0.3 is 0 Å². The zero-order chi connectivity index (χ0) is 19.2. The molecule has 29 heavy (non-hydrogen) atoms. The predicted octanol–water partition coefficient (Wildman–Crippen LogP) is 2.50. The van der Waals surface area contributed by atoms with Crippen molar-refractivity contribution in [2.75, 3.05) is 46.4 Å². The van der Waals surface area contributed by atoms with E-state index in [2.05, 4.69) is 31.2 Å². The van der Waals surface area contributed by atoms with E-state index in [1.165, 1.54) is 19.3 Å².